The Morgan fingerprint density at radius 3 is 2.67 bits per heavy atom. The van der Waals surface area contributed by atoms with Crippen molar-refractivity contribution in [3.05, 3.63) is 58.1 Å². The predicted octanol–water partition coefficient (Wildman–Crippen LogP) is 5.38. The van der Waals surface area contributed by atoms with Crippen LogP contribution in [0.3, 0.4) is 0 Å². The summed E-state index contributed by atoms with van der Waals surface area (Å²) in [7, 11) is 0. The van der Waals surface area contributed by atoms with Gasteiger partial charge in [-0.3, -0.25) is 0 Å². The van der Waals surface area contributed by atoms with Crippen LogP contribution >= 0.6 is 27.7 Å². The second-order valence-electron chi connectivity index (χ2n) is 4.61. The molecule has 0 aliphatic rings. The van der Waals surface area contributed by atoms with Gasteiger partial charge in [-0.05, 0) is 48.9 Å². The molecule has 0 heterocycles. The zero-order chi connectivity index (χ0) is 15.2. The van der Waals surface area contributed by atoms with Crippen molar-refractivity contribution < 1.29 is 8.78 Å². The van der Waals surface area contributed by atoms with Gasteiger partial charge in [-0.1, -0.05) is 40.7 Å². The van der Waals surface area contributed by atoms with Gasteiger partial charge in [0.25, 0.3) is 0 Å². The number of halogens is 3. The molecule has 112 valence electrons. The van der Waals surface area contributed by atoms with Gasteiger partial charge in [0.2, 0.25) is 0 Å². The lowest BCUT2D eigenvalue weighted by Crippen LogP contribution is -2.14. The van der Waals surface area contributed by atoms with Gasteiger partial charge in [-0.2, -0.15) is 0 Å². The lowest BCUT2D eigenvalue weighted by molar-refractivity contribution is 0.577. The van der Waals surface area contributed by atoms with Crippen molar-refractivity contribution in [1.29, 1.82) is 0 Å². The smallest absolute Gasteiger partial charge is 0.137 e. The first-order chi connectivity index (χ1) is 10.1. The summed E-state index contributed by atoms with van der Waals surface area (Å²) < 4.78 is 27.8. The summed E-state index contributed by atoms with van der Waals surface area (Å²) in [5.74, 6) is -0.843. The summed E-state index contributed by atoms with van der Waals surface area (Å²) in [6, 6.07) is 9.32. The summed E-state index contributed by atoms with van der Waals surface area (Å²) in [5.41, 5.74) is 1.15. The van der Waals surface area contributed by atoms with Crippen LogP contribution in [0.5, 0.6) is 0 Å². The molecule has 1 N–H and O–H groups in total. The minimum atomic E-state index is -0.432. The molecule has 0 saturated heterocycles. The van der Waals surface area contributed by atoms with Gasteiger partial charge in [-0.25, -0.2) is 8.78 Å². The van der Waals surface area contributed by atoms with E-state index in [2.05, 4.69) is 28.2 Å². The molecule has 5 heteroatoms. The summed E-state index contributed by atoms with van der Waals surface area (Å²) >= 11 is 4.74. The predicted molar refractivity (Wildman–Crippen MR) is 86.6 cm³/mol. The van der Waals surface area contributed by atoms with Crippen molar-refractivity contribution >= 4 is 27.7 Å². The average Bonchev–Trinajstić information content (AvgIpc) is 2.45. The lowest BCUT2D eigenvalue weighted by Gasteiger charge is -2.09. The summed E-state index contributed by atoms with van der Waals surface area (Å²) in [5, 5.41) is 3.33. The van der Waals surface area contributed by atoms with Crippen LogP contribution < -0.4 is 5.32 Å². The third kappa shape index (κ3) is 4.80. The average molecular weight is 372 g/mol. The minimum Gasteiger partial charge on any atom is -0.313 e. The van der Waals surface area contributed by atoms with Gasteiger partial charge in [0, 0.05) is 15.9 Å². The van der Waals surface area contributed by atoms with Crippen molar-refractivity contribution in [2.24, 2.45) is 0 Å². The Balaban J connectivity index is 2.11. The lowest BCUT2D eigenvalue weighted by atomic mass is 10.2. The molecule has 0 radical (unpaired) electrons. The van der Waals surface area contributed by atoms with Crippen molar-refractivity contribution in [3.63, 3.8) is 0 Å². The molecule has 1 nitrogen and oxygen atoms in total. The second kappa shape index (κ2) is 7.92. The molecule has 0 aromatic heterocycles. The number of benzene rings is 2. The monoisotopic (exact) mass is 371 g/mol. The third-order valence-electron chi connectivity index (χ3n) is 2.89. The molecule has 0 unspecified atom stereocenters. The summed E-state index contributed by atoms with van der Waals surface area (Å²) in [6.07, 6.45) is 1.09. The van der Waals surface area contributed by atoms with Crippen LogP contribution in [0.15, 0.2) is 50.7 Å². The molecular weight excluding hydrogens is 356 g/mol. The van der Waals surface area contributed by atoms with Crippen LogP contribution in [0, 0.1) is 11.6 Å². The first-order valence-corrected chi connectivity index (χ1v) is 8.33. The van der Waals surface area contributed by atoms with Gasteiger partial charge in [-0.15, -0.1) is 0 Å². The maximum absolute atomic E-state index is 13.6. The first kappa shape index (κ1) is 16.5. The SMILES string of the molecule is CCCNCc1ccc(Sc2cc(F)ccc2F)cc1Br. The van der Waals surface area contributed by atoms with E-state index >= 15 is 0 Å². The Labute approximate surface area is 136 Å². The van der Waals surface area contributed by atoms with E-state index in [1.807, 2.05) is 18.2 Å². The Morgan fingerprint density at radius 2 is 1.95 bits per heavy atom. The molecule has 2 rings (SSSR count). The van der Waals surface area contributed by atoms with Crippen molar-refractivity contribution in [2.75, 3.05) is 6.54 Å². The van der Waals surface area contributed by atoms with Crippen LogP contribution in [0.1, 0.15) is 18.9 Å². The Kier molecular flexibility index (Phi) is 6.21. The van der Waals surface area contributed by atoms with Gasteiger partial charge < -0.3 is 5.32 Å². The maximum atomic E-state index is 13.6. The fourth-order valence-corrected chi connectivity index (χ4v) is 3.39. The van der Waals surface area contributed by atoms with Crippen molar-refractivity contribution in [1.82, 2.24) is 5.32 Å². The van der Waals surface area contributed by atoms with E-state index in [9.17, 15) is 8.78 Å². The molecule has 0 bridgehead atoms. The molecule has 2 aromatic carbocycles. The highest BCUT2D eigenvalue weighted by atomic mass is 79.9. The van der Waals surface area contributed by atoms with Crippen LogP contribution in [-0.4, -0.2) is 6.54 Å². The molecule has 0 aliphatic heterocycles. The van der Waals surface area contributed by atoms with E-state index in [-0.39, 0.29) is 0 Å². The third-order valence-corrected chi connectivity index (χ3v) is 4.65. The topological polar surface area (TPSA) is 12.0 Å². The Morgan fingerprint density at radius 1 is 1.14 bits per heavy atom. The fraction of sp³-hybridized carbons (Fsp3) is 0.250. The van der Waals surface area contributed by atoms with Crippen molar-refractivity contribution in [3.8, 4) is 0 Å². The first-order valence-electron chi connectivity index (χ1n) is 6.72. The molecule has 0 atom stereocenters. The Hall–Kier alpha value is -0.910. The molecule has 2 aromatic rings. The standard InChI is InChI=1S/C16H16BrF2NS/c1-2-7-20-10-11-3-5-13(9-14(11)17)21-16-8-12(18)4-6-15(16)19/h3-6,8-9,20H,2,7,10H2,1H3. The minimum absolute atomic E-state index is 0.291. The van der Waals surface area contributed by atoms with Gasteiger partial charge >= 0.3 is 0 Å². The van der Waals surface area contributed by atoms with Crippen LogP contribution in [0.4, 0.5) is 8.78 Å². The molecule has 0 amide bonds. The van der Waals surface area contributed by atoms with Crippen LogP contribution in [-0.2, 0) is 6.54 Å². The number of nitrogens with one attached hydrogen (secondary N) is 1. The second-order valence-corrected chi connectivity index (χ2v) is 6.58. The van der Waals surface area contributed by atoms with E-state index in [1.165, 1.54) is 17.8 Å². The van der Waals surface area contributed by atoms with Gasteiger partial charge in [0.05, 0.1) is 4.90 Å². The van der Waals surface area contributed by atoms with Crippen molar-refractivity contribution in [2.45, 2.75) is 29.7 Å². The van der Waals surface area contributed by atoms with Gasteiger partial charge in [0.15, 0.2) is 0 Å². The summed E-state index contributed by atoms with van der Waals surface area (Å²) in [4.78, 5) is 1.16. The highest BCUT2D eigenvalue weighted by Gasteiger charge is 2.08. The normalized spacial score (nSPS) is 10.9. The molecular formula is C16H16BrF2NS. The molecule has 21 heavy (non-hydrogen) atoms. The van der Waals surface area contributed by atoms with Crippen LogP contribution in [0.25, 0.3) is 0 Å². The molecule has 0 fully saturated rings. The van der Waals surface area contributed by atoms with Crippen LogP contribution in [0.2, 0.25) is 0 Å². The molecule has 0 aliphatic carbocycles. The number of hydrogen-bond acceptors (Lipinski definition) is 2. The number of rotatable bonds is 6. The van der Waals surface area contributed by atoms with E-state index in [0.29, 0.717) is 4.90 Å². The van der Waals surface area contributed by atoms with E-state index < -0.39 is 11.6 Å². The van der Waals surface area contributed by atoms with Gasteiger partial charge in [0.1, 0.15) is 11.6 Å². The fourth-order valence-electron chi connectivity index (χ4n) is 1.82. The maximum Gasteiger partial charge on any atom is 0.137 e. The quantitative estimate of drug-likeness (QED) is 0.684. The number of hydrogen-bond donors (Lipinski definition) is 1. The Bertz CT molecular complexity index is 619. The van der Waals surface area contributed by atoms with E-state index in [4.69, 9.17) is 0 Å². The van der Waals surface area contributed by atoms with E-state index in [0.717, 1.165) is 46.6 Å². The molecule has 0 saturated carbocycles. The highest BCUT2D eigenvalue weighted by Crippen LogP contribution is 2.33. The largest absolute Gasteiger partial charge is 0.313 e. The zero-order valence-corrected chi connectivity index (χ0v) is 14.0. The zero-order valence-electron chi connectivity index (χ0n) is 11.6. The molecule has 0 spiro atoms. The van der Waals surface area contributed by atoms with E-state index in [1.54, 1.807) is 0 Å². The summed E-state index contributed by atoms with van der Waals surface area (Å²) in [6.45, 7) is 3.88. The highest BCUT2D eigenvalue weighted by molar-refractivity contribution is 9.10.